The number of benzene rings is 2. The molecule has 2 aromatic carbocycles. The Balaban J connectivity index is 2.04. The van der Waals surface area contributed by atoms with E-state index in [1.54, 1.807) is 29.1 Å². The zero-order valence-electron chi connectivity index (χ0n) is 14.2. The minimum absolute atomic E-state index is 0.0514. The lowest BCUT2D eigenvalue weighted by atomic mass is 10.1. The number of halogens is 1. The van der Waals surface area contributed by atoms with Crippen molar-refractivity contribution in [2.24, 2.45) is 10.1 Å². The van der Waals surface area contributed by atoms with Crippen molar-refractivity contribution in [1.82, 2.24) is 4.68 Å². The van der Waals surface area contributed by atoms with Crippen LogP contribution in [0.3, 0.4) is 0 Å². The number of thiazole rings is 1. The van der Waals surface area contributed by atoms with Crippen LogP contribution in [0.2, 0.25) is 0 Å². The molecule has 0 atom stereocenters. The van der Waals surface area contributed by atoms with Crippen LogP contribution >= 0.6 is 27.3 Å². The molecule has 0 aliphatic carbocycles. The van der Waals surface area contributed by atoms with Crippen LogP contribution in [0.15, 0.2) is 81.1 Å². The fraction of sp³-hybridized carbons (Fsp3) is 0.0526. The minimum atomic E-state index is -0.415. The van der Waals surface area contributed by atoms with Gasteiger partial charge in [-0.05, 0) is 29.8 Å². The van der Waals surface area contributed by atoms with Crippen molar-refractivity contribution in [2.75, 3.05) is 6.54 Å². The molecule has 0 bridgehead atoms. The van der Waals surface area contributed by atoms with Gasteiger partial charge in [-0.2, -0.15) is 5.10 Å². The summed E-state index contributed by atoms with van der Waals surface area (Å²) in [6.45, 7) is 4.17. The quantitative estimate of drug-likeness (QED) is 0.236. The number of nitro groups is 1. The van der Waals surface area contributed by atoms with E-state index in [0.29, 0.717) is 6.54 Å². The van der Waals surface area contributed by atoms with Gasteiger partial charge in [-0.25, -0.2) is 4.68 Å². The second-order valence-electron chi connectivity index (χ2n) is 5.44. The molecule has 0 unspecified atom stereocenters. The minimum Gasteiger partial charge on any atom is -0.258 e. The molecule has 27 heavy (non-hydrogen) atoms. The molecule has 0 saturated carbocycles. The Morgan fingerprint density at radius 1 is 1.19 bits per heavy atom. The first kappa shape index (κ1) is 18.9. The maximum Gasteiger partial charge on any atom is 0.269 e. The van der Waals surface area contributed by atoms with Crippen LogP contribution < -0.4 is 4.80 Å². The molecule has 0 fully saturated rings. The predicted molar refractivity (Wildman–Crippen MR) is 112 cm³/mol. The maximum absolute atomic E-state index is 10.9. The first-order valence-corrected chi connectivity index (χ1v) is 9.62. The van der Waals surface area contributed by atoms with E-state index in [9.17, 15) is 10.1 Å². The summed E-state index contributed by atoms with van der Waals surface area (Å²) in [4.78, 5) is 15.7. The van der Waals surface area contributed by atoms with E-state index in [2.05, 4.69) is 32.6 Å². The number of nitro benzene ring substituents is 1. The molecule has 0 spiro atoms. The SMILES string of the molecule is C=CCN=c1scc(-c2ccc([N+](=O)[O-])cc2)n1N=Cc1ccc(Br)cc1. The molecule has 0 aliphatic rings. The van der Waals surface area contributed by atoms with Crippen molar-refractivity contribution in [3.8, 4) is 11.3 Å². The maximum atomic E-state index is 10.9. The van der Waals surface area contributed by atoms with Gasteiger partial charge in [-0.3, -0.25) is 15.1 Å². The second-order valence-corrected chi connectivity index (χ2v) is 7.20. The Bertz CT molecular complexity index is 1050. The number of aromatic nitrogens is 1. The van der Waals surface area contributed by atoms with Crippen molar-refractivity contribution in [3.05, 3.63) is 91.5 Å². The average Bonchev–Trinajstić information content (AvgIpc) is 3.08. The van der Waals surface area contributed by atoms with Crippen LogP contribution in [-0.2, 0) is 0 Å². The van der Waals surface area contributed by atoms with Gasteiger partial charge in [0.1, 0.15) is 0 Å². The molecule has 0 N–H and O–H groups in total. The predicted octanol–water partition coefficient (Wildman–Crippen LogP) is 4.86. The lowest BCUT2D eigenvalue weighted by Crippen LogP contribution is -2.12. The Labute approximate surface area is 168 Å². The third kappa shape index (κ3) is 4.66. The van der Waals surface area contributed by atoms with E-state index < -0.39 is 4.92 Å². The van der Waals surface area contributed by atoms with Gasteiger partial charge in [0.05, 0.1) is 23.4 Å². The second kappa shape index (κ2) is 8.70. The van der Waals surface area contributed by atoms with Crippen molar-refractivity contribution in [2.45, 2.75) is 0 Å². The lowest BCUT2D eigenvalue weighted by Gasteiger charge is -2.03. The third-order valence-corrected chi connectivity index (χ3v) is 4.99. The number of rotatable bonds is 6. The molecule has 1 heterocycles. The molecule has 8 heteroatoms. The normalized spacial score (nSPS) is 11.8. The number of hydrogen-bond donors (Lipinski definition) is 0. The van der Waals surface area contributed by atoms with Crippen molar-refractivity contribution in [3.63, 3.8) is 0 Å². The molecule has 136 valence electrons. The van der Waals surface area contributed by atoms with Crippen LogP contribution in [0.5, 0.6) is 0 Å². The Morgan fingerprint density at radius 3 is 2.52 bits per heavy atom. The van der Waals surface area contributed by atoms with Crippen LogP contribution in [-0.4, -0.2) is 22.4 Å². The molecule has 0 radical (unpaired) electrons. The topological polar surface area (TPSA) is 72.8 Å². The Kier molecular flexibility index (Phi) is 6.10. The molecule has 3 aromatic rings. The first-order valence-electron chi connectivity index (χ1n) is 7.95. The van der Waals surface area contributed by atoms with Crippen LogP contribution in [0, 0.1) is 10.1 Å². The summed E-state index contributed by atoms with van der Waals surface area (Å²) >= 11 is 4.87. The number of nitrogens with zero attached hydrogens (tertiary/aromatic N) is 4. The molecule has 3 rings (SSSR count). The molecule has 0 aliphatic heterocycles. The number of hydrogen-bond acceptors (Lipinski definition) is 5. The molecule has 0 saturated heterocycles. The highest BCUT2D eigenvalue weighted by Gasteiger charge is 2.10. The first-order chi connectivity index (χ1) is 13.1. The van der Waals surface area contributed by atoms with Gasteiger partial charge in [0.15, 0.2) is 0 Å². The smallest absolute Gasteiger partial charge is 0.258 e. The zero-order valence-corrected chi connectivity index (χ0v) is 16.6. The van der Waals surface area contributed by atoms with Crippen molar-refractivity contribution >= 4 is 39.2 Å². The largest absolute Gasteiger partial charge is 0.269 e. The summed E-state index contributed by atoms with van der Waals surface area (Å²) in [7, 11) is 0. The highest BCUT2D eigenvalue weighted by atomic mass is 79.9. The van der Waals surface area contributed by atoms with E-state index >= 15 is 0 Å². The molecule has 6 nitrogen and oxygen atoms in total. The summed E-state index contributed by atoms with van der Waals surface area (Å²) in [6.07, 6.45) is 3.47. The van der Waals surface area contributed by atoms with Crippen LogP contribution in [0.1, 0.15) is 5.56 Å². The van der Waals surface area contributed by atoms with E-state index in [-0.39, 0.29) is 5.69 Å². The van der Waals surface area contributed by atoms with Gasteiger partial charge in [0.25, 0.3) is 5.69 Å². The highest BCUT2D eigenvalue weighted by Crippen LogP contribution is 2.23. The van der Waals surface area contributed by atoms with E-state index in [4.69, 9.17) is 0 Å². The summed E-state index contributed by atoms with van der Waals surface area (Å²) in [5.41, 5.74) is 2.63. The zero-order chi connectivity index (χ0) is 19.2. The monoisotopic (exact) mass is 442 g/mol. The average molecular weight is 443 g/mol. The van der Waals surface area contributed by atoms with Crippen LogP contribution in [0.25, 0.3) is 11.3 Å². The standard InChI is InChI=1S/C19H15BrN4O2S/c1-2-11-21-19-23(22-12-14-3-7-16(20)8-4-14)18(13-27-19)15-5-9-17(10-6-15)24(25)26/h2-10,12-13H,1,11H2. The molecular formula is C19H15BrN4O2S. The van der Waals surface area contributed by atoms with E-state index in [1.807, 2.05) is 29.6 Å². The fourth-order valence-corrected chi connectivity index (χ4v) is 3.40. The summed E-state index contributed by atoms with van der Waals surface area (Å²) in [5, 5.41) is 17.4. The van der Waals surface area contributed by atoms with E-state index in [1.165, 1.54) is 23.5 Å². The lowest BCUT2D eigenvalue weighted by molar-refractivity contribution is -0.384. The van der Waals surface area contributed by atoms with Gasteiger partial charge >= 0.3 is 0 Å². The highest BCUT2D eigenvalue weighted by molar-refractivity contribution is 9.10. The van der Waals surface area contributed by atoms with Gasteiger partial charge in [0, 0.05) is 27.5 Å². The van der Waals surface area contributed by atoms with Crippen molar-refractivity contribution < 1.29 is 4.92 Å². The van der Waals surface area contributed by atoms with Gasteiger partial charge in [-0.15, -0.1) is 17.9 Å². The van der Waals surface area contributed by atoms with E-state index in [0.717, 1.165) is 26.1 Å². The fourth-order valence-electron chi connectivity index (χ4n) is 2.29. The van der Waals surface area contributed by atoms with Gasteiger partial charge in [0.2, 0.25) is 4.80 Å². The van der Waals surface area contributed by atoms with Crippen molar-refractivity contribution in [1.29, 1.82) is 0 Å². The Morgan fingerprint density at radius 2 is 1.89 bits per heavy atom. The summed E-state index contributed by atoms with van der Waals surface area (Å²) in [6, 6.07) is 14.2. The summed E-state index contributed by atoms with van der Waals surface area (Å²) in [5.74, 6) is 0. The molecule has 0 amide bonds. The van der Waals surface area contributed by atoms with Gasteiger partial charge < -0.3 is 0 Å². The molecular weight excluding hydrogens is 428 g/mol. The Hall–Kier alpha value is -2.84. The number of non-ortho nitro benzene ring substituents is 1. The van der Waals surface area contributed by atoms with Gasteiger partial charge in [-0.1, -0.05) is 34.1 Å². The molecule has 1 aromatic heterocycles. The summed E-state index contributed by atoms with van der Waals surface area (Å²) < 4.78 is 2.73. The van der Waals surface area contributed by atoms with Crippen LogP contribution in [0.4, 0.5) is 5.69 Å². The third-order valence-electron chi connectivity index (χ3n) is 3.61.